The van der Waals surface area contributed by atoms with Crippen LogP contribution in [0.5, 0.6) is 0 Å². The van der Waals surface area contributed by atoms with Gasteiger partial charge in [0.25, 0.3) is 0 Å². The number of methoxy groups -OCH3 is 1. The number of hydrogen-bond acceptors (Lipinski definition) is 3. The van der Waals surface area contributed by atoms with E-state index in [-0.39, 0.29) is 30.3 Å². The molecule has 0 aliphatic carbocycles. The van der Waals surface area contributed by atoms with E-state index in [1.807, 2.05) is 24.3 Å². The summed E-state index contributed by atoms with van der Waals surface area (Å²) in [6, 6.07) is 7.61. The van der Waals surface area contributed by atoms with Crippen molar-refractivity contribution in [3.8, 4) is 0 Å². The topological polar surface area (TPSA) is 38.3 Å². The fourth-order valence-corrected chi connectivity index (χ4v) is 2.72. The Balaban J connectivity index is 0.00000180. The lowest BCUT2D eigenvalue weighted by Gasteiger charge is -2.30. The largest absolute Gasteiger partial charge is 0.469 e. The normalized spacial score (nSPS) is 20.2. The number of rotatable bonds is 3. The Bertz CT molecular complexity index is 420. The van der Waals surface area contributed by atoms with Crippen LogP contribution in [0, 0.1) is 0 Å². The number of carbonyl (C=O) groups excluding carboxylic acids is 1. The van der Waals surface area contributed by atoms with Gasteiger partial charge in [-0.3, -0.25) is 4.79 Å². The van der Waals surface area contributed by atoms with Crippen LogP contribution >= 0.6 is 24.0 Å². The fraction of sp³-hybridized carbons (Fsp3) is 0.500. The SMILES string of the molecule is COC(=O)[C@@H](c1cccc(Cl)c1)C1CCCCN1.Cl. The van der Waals surface area contributed by atoms with Crippen LogP contribution in [-0.2, 0) is 9.53 Å². The lowest BCUT2D eigenvalue weighted by atomic mass is 9.86. The molecule has 0 aromatic heterocycles. The van der Waals surface area contributed by atoms with E-state index >= 15 is 0 Å². The third-order valence-electron chi connectivity index (χ3n) is 3.41. The van der Waals surface area contributed by atoms with Gasteiger partial charge >= 0.3 is 5.97 Å². The molecule has 19 heavy (non-hydrogen) atoms. The summed E-state index contributed by atoms with van der Waals surface area (Å²) in [5.41, 5.74) is 0.925. The van der Waals surface area contributed by atoms with Crippen LogP contribution in [0.3, 0.4) is 0 Å². The number of carbonyl (C=O) groups is 1. The molecule has 1 aromatic rings. The Morgan fingerprint density at radius 1 is 1.47 bits per heavy atom. The van der Waals surface area contributed by atoms with Gasteiger partial charge in [0.05, 0.1) is 13.0 Å². The summed E-state index contributed by atoms with van der Waals surface area (Å²) in [5, 5.41) is 4.06. The molecular weight excluding hydrogens is 285 g/mol. The quantitative estimate of drug-likeness (QED) is 0.872. The molecule has 2 atom stereocenters. The van der Waals surface area contributed by atoms with E-state index in [0.29, 0.717) is 5.02 Å². The minimum atomic E-state index is -0.269. The summed E-state index contributed by atoms with van der Waals surface area (Å²) < 4.78 is 4.94. The molecule has 1 N–H and O–H groups in total. The lowest BCUT2D eigenvalue weighted by Crippen LogP contribution is -2.42. The molecule has 1 heterocycles. The van der Waals surface area contributed by atoms with E-state index in [9.17, 15) is 4.79 Å². The Morgan fingerprint density at radius 3 is 2.84 bits per heavy atom. The van der Waals surface area contributed by atoms with Gasteiger partial charge in [0, 0.05) is 11.1 Å². The fourth-order valence-electron chi connectivity index (χ4n) is 2.52. The molecule has 3 nitrogen and oxygen atoms in total. The molecule has 0 spiro atoms. The van der Waals surface area contributed by atoms with Gasteiger partial charge in [0.2, 0.25) is 0 Å². The highest BCUT2D eigenvalue weighted by Gasteiger charge is 2.31. The molecule has 1 aromatic carbocycles. The zero-order valence-corrected chi connectivity index (χ0v) is 12.5. The number of halogens is 2. The third kappa shape index (κ3) is 4.10. The highest BCUT2D eigenvalue weighted by Crippen LogP contribution is 2.28. The average Bonchev–Trinajstić information content (AvgIpc) is 2.40. The van der Waals surface area contributed by atoms with Crippen LogP contribution < -0.4 is 5.32 Å². The van der Waals surface area contributed by atoms with Crippen molar-refractivity contribution in [1.82, 2.24) is 5.32 Å². The van der Waals surface area contributed by atoms with Gasteiger partial charge < -0.3 is 10.1 Å². The molecule has 106 valence electrons. The highest BCUT2D eigenvalue weighted by atomic mass is 35.5. The Labute approximate surface area is 125 Å². The van der Waals surface area contributed by atoms with Crippen molar-refractivity contribution in [3.63, 3.8) is 0 Å². The van der Waals surface area contributed by atoms with Gasteiger partial charge in [0.1, 0.15) is 0 Å². The van der Waals surface area contributed by atoms with Crippen molar-refractivity contribution in [2.45, 2.75) is 31.2 Å². The zero-order valence-electron chi connectivity index (χ0n) is 10.9. The summed E-state index contributed by atoms with van der Waals surface area (Å²) in [6.07, 6.45) is 3.30. The van der Waals surface area contributed by atoms with Crippen molar-refractivity contribution in [3.05, 3.63) is 34.9 Å². The van der Waals surface area contributed by atoms with E-state index < -0.39 is 0 Å². The molecule has 0 bridgehead atoms. The lowest BCUT2D eigenvalue weighted by molar-refractivity contribution is -0.143. The maximum atomic E-state index is 12.0. The van der Waals surface area contributed by atoms with Crippen LogP contribution in [0.2, 0.25) is 5.02 Å². The number of nitrogens with one attached hydrogen (secondary N) is 1. The standard InChI is InChI=1S/C14H18ClNO2.ClH/c1-18-14(17)13(12-7-2-3-8-16-12)10-5-4-6-11(15)9-10;/h4-6,9,12-13,16H,2-3,7-8H2,1H3;1H/t12?,13-;/m0./s1. The van der Waals surface area contributed by atoms with E-state index in [0.717, 1.165) is 24.9 Å². The van der Waals surface area contributed by atoms with E-state index in [2.05, 4.69) is 5.32 Å². The number of ether oxygens (including phenoxy) is 1. The maximum absolute atomic E-state index is 12.0. The van der Waals surface area contributed by atoms with Crippen molar-refractivity contribution < 1.29 is 9.53 Å². The first-order valence-electron chi connectivity index (χ1n) is 6.29. The zero-order chi connectivity index (χ0) is 13.0. The summed E-state index contributed by atoms with van der Waals surface area (Å²) in [7, 11) is 1.43. The van der Waals surface area contributed by atoms with Crippen molar-refractivity contribution in [2.75, 3.05) is 13.7 Å². The highest BCUT2D eigenvalue weighted by molar-refractivity contribution is 6.30. The number of hydrogen-bond donors (Lipinski definition) is 1. The Kier molecular flexibility index (Phi) is 6.63. The van der Waals surface area contributed by atoms with E-state index in [1.165, 1.54) is 13.5 Å². The molecular formula is C14H19Cl2NO2. The van der Waals surface area contributed by atoms with Gasteiger partial charge in [0.15, 0.2) is 0 Å². The predicted octanol–water partition coefficient (Wildman–Crippen LogP) is 3.16. The minimum Gasteiger partial charge on any atom is -0.469 e. The molecule has 2 rings (SSSR count). The summed E-state index contributed by atoms with van der Waals surface area (Å²) >= 11 is 6.00. The van der Waals surface area contributed by atoms with Crippen molar-refractivity contribution in [1.29, 1.82) is 0 Å². The molecule has 1 aliphatic rings. The molecule has 1 unspecified atom stereocenters. The second-order valence-corrected chi connectivity index (χ2v) is 5.05. The maximum Gasteiger partial charge on any atom is 0.314 e. The predicted molar refractivity (Wildman–Crippen MR) is 79.1 cm³/mol. The van der Waals surface area contributed by atoms with Gasteiger partial charge in [-0.25, -0.2) is 0 Å². The van der Waals surface area contributed by atoms with Crippen LogP contribution in [-0.4, -0.2) is 25.7 Å². The number of esters is 1. The first-order valence-corrected chi connectivity index (χ1v) is 6.67. The molecule has 0 saturated carbocycles. The van der Waals surface area contributed by atoms with Crippen molar-refractivity contribution >= 4 is 30.0 Å². The molecule has 0 amide bonds. The van der Waals surface area contributed by atoms with Crippen LogP contribution in [0.1, 0.15) is 30.7 Å². The van der Waals surface area contributed by atoms with Crippen LogP contribution in [0.15, 0.2) is 24.3 Å². The minimum absolute atomic E-state index is 0. The van der Waals surface area contributed by atoms with Gasteiger partial charge in [-0.05, 0) is 37.1 Å². The van der Waals surface area contributed by atoms with Gasteiger partial charge in [-0.2, -0.15) is 0 Å². The smallest absolute Gasteiger partial charge is 0.314 e. The van der Waals surface area contributed by atoms with Crippen molar-refractivity contribution in [2.24, 2.45) is 0 Å². The second-order valence-electron chi connectivity index (χ2n) is 4.61. The second kappa shape index (κ2) is 7.73. The molecule has 1 fully saturated rings. The van der Waals surface area contributed by atoms with Gasteiger partial charge in [-0.1, -0.05) is 30.2 Å². The Morgan fingerprint density at radius 2 is 2.26 bits per heavy atom. The number of piperidine rings is 1. The van der Waals surface area contributed by atoms with E-state index in [4.69, 9.17) is 16.3 Å². The first kappa shape index (κ1) is 16.3. The Hall–Kier alpha value is -0.770. The monoisotopic (exact) mass is 303 g/mol. The third-order valence-corrected chi connectivity index (χ3v) is 3.65. The first-order chi connectivity index (χ1) is 8.72. The average molecular weight is 304 g/mol. The number of benzene rings is 1. The van der Waals surface area contributed by atoms with E-state index in [1.54, 1.807) is 0 Å². The molecule has 0 radical (unpaired) electrons. The van der Waals surface area contributed by atoms with Crippen LogP contribution in [0.25, 0.3) is 0 Å². The molecule has 5 heteroatoms. The summed E-state index contributed by atoms with van der Waals surface area (Å²) in [5.74, 6) is -0.467. The summed E-state index contributed by atoms with van der Waals surface area (Å²) in [6.45, 7) is 0.957. The van der Waals surface area contributed by atoms with Crippen LogP contribution in [0.4, 0.5) is 0 Å². The summed E-state index contributed by atoms with van der Waals surface area (Å²) in [4.78, 5) is 12.0. The molecule has 1 saturated heterocycles. The van der Waals surface area contributed by atoms with Gasteiger partial charge in [-0.15, -0.1) is 12.4 Å². The molecule has 1 aliphatic heterocycles.